The molecule has 0 bridgehead atoms. The second-order valence-electron chi connectivity index (χ2n) is 6.18. The first kappa shape index (κ1) is 15.8. The van der Waals surface area contributed by atoms with Gasteiger partial charge in [0.15, 0.2) is 0 Å². The first-order valence-corrected chi connectivity index (χ1v) is 8.33. The molecule has 0 fully saturated rings. The molecule has 3 heteroatoms. The lowest BCUT2D eigenvalue weighted by Gasteiger charge is -2.18. The maximum Gasteiger partial charge on any atom is 0.0714 e. The quantitative estimate of drug-likeness (QED) is 0.656. The van der Waals surface area contributed by atoms with Crippen molar-refractivity contribution < 1.29 is 0 Å². The average Bonchev–Trinajstić information content (AvgIpc) is 2.54. The highest BCUT2D eigenvalue weighted by molar-refractivity contribution is 6.31. The molecule has 0 spiro atoms. The molecule has 0 amide bonds. The van der Waals surface area contributed by atoms with Crippen molar-refractivity contribution >= 4 is 28.2 Å². The molecule has 0 aliphatic carbocycles. The molecule has 0 unspecified atom stereocenters. The number of hydrogen-bond donors (Lipinski definition) is 1. The number of nitrogens with one attached hydrogen (secondary N) is 1. The third-order valence-electron chi connectivity index (χ3n) is 3.94. The molecular weight excluding hydrogens is 304 g/mol. The maximum absolute atomic E-state index is 6.25. The van der Waals surface area contributed by atoms with Crippen molar-refractivity contribution in [2.24, 2.45) is 5.92 Å². The van der Waals surface area contributed by atoms with Gasteiger partial charge in [0.2, 0.25) is 0 Å². The predicted octanol–water partition coefficient (Wildman–Crippen LogP) is 5.80. The van der Waals surface area contributed by atoms with Gasteiger partial charge in [0, 0.05) is 23.0 Å². The largest absolute Gasteiger partial charge is 0.386 e. The first-order chi connectivity index (χ1) is 11.1. The van der Waals surface area contributed by atoms with Crippen molar-refractivity contribution in [3.63, 3.8) is 0 Å². The molecule has 2 aromatic carbocycles. The lowest BCUT2D eigenvalue weighted by Crippen LogP contribution is -2.05. The van der Waals surface area contributed by atoms with Gasteiger partial charge >= 0.3 is 0 Å². The highest BCUT2D eigenvalue weighted by Gasteiger charge is 2.16. The number of pyridine rings is 1. The molecular formula is C20H21ClN2. The Bertz CT molecular complexity index is 826. The number of benzene rings is 2. The van der Waals surface area contributed by atoms with E-state index in [1.165, 1.54) is 11.1 Å². The van der Waals surface area contributed by atoms with Crippen LogP contribution in [0.25, 0.3) is 22.0 Å². The topological polar surface area (TPSA) is 24.9 Å². The van der Waals surface area contributed by atoms with Gasteiger partial charge in [-0.2, -0.15) is 0 Å². The summed E-state index contributed by atoms with van der Waals surface area (Å²) in [5.74, 6) is 0.544. The third kappa shape index (κ3) is 3.18. The van der Waals surface area contributed by atoms with Gasteiger partial charge in [0.25, 0.3) is 0 Å². The van der Waals surface area contributed by atoms with Crippen LogP contribution in [0.5, 0.6) is 0 Å². The minimum atomic E-state index is 0.544. The lowest BCUT2D eigenvalue weighted by molar-refractivity contribution is 0.638. The van der Waals surface area contributed by atoms with E-state index in [4.69, 9.17) is 16.6 Å². The normalized spacial score (nSPS) is 11.2. The summed E-state index contributed by atoms with van der Waals surface area (Å²) in [6, 6.07) is 16.4. The fourth-order valence-corrected chi connectivity index (χ4v) is 3.17. The van der Waals surface area contributed by atoms with Gasteiger partial charge < -0.3 is 5.32 Å². The molecule has 2 nitrogen and oxygen atoms in total. The zero-order chi connectivity index (χ0) is 16.4. The van der Waals surface area contributed by atoms with Crippen LogP contribution in [0, 0.1) is 5.92 Å². The van der Waals surface area contributed by atoms with Gasteiger partial charge in [-0.05, 0) is 36.1 Å². The van der Waals surface area contributed by atoms with Crippen LogP contribution < -0.4 is 5.32 Å². The highest BCUT2D eigenvalue weighted by Crippen LogP contribution is 2.38. The molecule has 1 aromatic heterocycles. The third-order valence-corrected chi connectivity index (χ3v) is 4.17. The SMILES string of the molecule is CNc1c(CC(C)C)nc2ccc(Cl)cc2c1-c1ccccc1. The Morgan fingerprint density at radius 2 is 1.83 bits per heavy atom. The van der Waals surface area contributed by atoms with Crippen LogP contribution in [-0.4, -0.2) is 12.0 Å². The van der Waals surface area contributed by atoms with Crippen LogP contribution >= 0.6 is 11.6 Å². The zero-order valence-corrected chi connectivity index (χ0v) is 14.5. The molecule has 0 aliphatic heterocycles. The zero-order valence-electron chi connectivity index (χ0n) is 13.7. The Morgan fingerprint density at radius 3 is 2.48 bits per heavy atom. The second-order valence-corrected chi connectivity index (χ2v) is 6.62. The van der Waals surface area contributed by atoms with E-state index in [-0.39, 0.29) is 0 Å². The molecule has 3 aromatic rings. The van der Waals surface area contributed by atoms with Gasteiger partial charge in [-0.25, -0.2) is 0 Å². The van der Waals surface area contributed by atoms with Gasteiger partial charge in [-0.15, -0.1) is 0 Å². The molecule has 0 saturated heterocycles. The fourth-order valence-electron chi connectivity index (χ4n) is 2.99. The predicted molar refractivity (Wildman–Crippen MR) is 100 cm³/mol. The van der Waals surface area contributed by atoms with Crippen LogP contribution in [0.3, 0.4) is 0 Å². The van der Waals surface area contributed by atoms with E-state index in [1.54, 1.807) is 0 Å². The van der Waals surface area contributed by atoms with Crippen molar-refractivity contribution in [1.82, 2.24) is 4.98 Å². The Labute approximate surface area is 142 Å². The van der Waals surface area contributed by atoms with Crippen molar-refractivity contribution in [3.8, 4) is 11.1 Å². The number of hydrogen-bond acceptors (Lipinski definition) is 2. The van der Waals surface area contributed by atoms with Crippen molar-refractivity contribution in [3.05, 3.63) is 59.2 Å². The summed E-state index contributed by atoms with van der Waals surface area (Å²) in [5, 5.41) is 5.19. The first-order valence-electron chi connectivity index (χ1n) is 7.95. The van der Waals surface area contributed by atoms with E-state index < -0.39 is 0 Å². The summed E-state index contributed by atoms with van der Waals surface area (Å²) < 4.78 is 0. The summed E-state index contributed by atoms with van der Waals surface area (Å²) in [5.41, 5.74) is 5.55. The van der Waals surface area contributed by atoms with E-state index in [2.05, 4.69) is 43.4 Å². The number of rotatable bonds is 4. The van der Waals surface area contributed by atoms with Crippen molar-refractivity contribution in [1.29, 1.82) is 0 Å². The number of nitrogens with zero attached hydrogens (tertiary/aromatic N) is 1. The molecule has 3 rings (SSSR count). The Balaban J connectivity index is 2.38. The number of fused-ring (bicyclic) bond motifs is 1. The Hall–Kier alpha value is -2.06. The minimum Gasteiger partial charge on any atom is -0.386 e. The van der Waals surface area contributed by atoms with E-state index >= 15 is 0 Å². The van der Waals surface area contributed by atoms with E-state index in [1.807, 2.05) is 31.3 Å². The van der Waals surface area contributed by atoms with Crippen molar-refractivity contribution in [2.45, 2.75) is 20.3 Å². The van der Waals surface area contributed by atoms with Gasteiger partial charge in [0.05, 0.1) is 16.9 Å². The summed E-state index contributed by atoms with van der Waals surface area (Å²) in [6.45, 7) is 4.44. The second kappa shape index (κ2) is 6.59. The Kier molecular flexibility index (Phi) is 4.53. The number of aromatic nitrogens is 1. The van der Waals surface area contributed by atoms with E-state index in [0.717, 1.165) is 33.7 Å². The van der Waals surface area contributed by atoms with Gasteiger partial charge in [-0.1, -0.05) is 55.8 Å². The molecule has 1 N–H and O–H groups in total. The monoisotopic (exact) mass is 324 g/mol. The van der Waals surface area contributed by atoms with E-state index in [9.17, 15) is 0 Å². The molecule has 118 valence electrons. The minimum absolute atomic E-state index is 0.544. The summed E-state index contributed by atoms with van der Waals surface area (Å²) in [6.07, 6.45) is 0.939. The van der Waals surface area contributed by atoms with E-state index in [0.29, 0.717) is 5.92 Å². The molecule has 0 atom stereocenters. The van der Waals surface area contributed by atoms with Crippen LogP contribution in [0.1, 0.15) is 19.5 Å². The fraction of sp³-hybridized carbons (Fsp3) is 0.250. The molecule has 0 saturated carbocycles. The lowest BCUT2D eigenvalue weighted by atomic mass is 9.95. The Morgan fingerprint density at radius 1 is 1.09 bits per heavy atom. The van der Waals surface area contributed by atoms with Crippen molar-refractivity contribution in [2.75, 3.05) is 12.4 Å². The molecule has 0 radical (unpaired) electrons. The summed E-state index contributed by atoms with van der Waals surface area (Å²) in [4.78, 5) is 4.89. The average molecular weight is 325 g/mol. The summed E-state index contributed by atoms with van der Waals surface area (Å²) >= 11 is 6.25. The van der Waals surface area contributed by atoms with Gasteiger partial charge in [0.1, 0.15) is 0 Å². The highest BCUT2D eigenvalue weighted by atomic mass is 35.5. The van der Waals surface area contributed by atoms with Crippen LogP contribution in [0.2, 0.25) is 5.02 Å². The smallest absolute Gasteiger partial charge is 0.0714 e. The number of anilines is 1. The molecule has 1 heterocycles. The van der Waals surface area contributed by atoms with Crippen LogP contribution in [0.4, 0.5) is 5.69 Å². The van der Waals surface area contributed by atoms with Gasteiger partial charge in [-0.3, -0.25) is 4.98 Å². The molecule has 23 heavy (non-hydrogen) atoms. The summed E-state index contributed by atoms with van der Waals surface area (Å²) in [7, 11) is 1.96. The number of halogens is 1. The maximum atomic E-state index is 6.25. The molecule has 0 aliphatic rings. The van der Waals surface area contributed by atoms with Crippen LogP contribution in [0.15, 0.2) is 48.5 Å². The standard InChI is InChI=1S/C20H21ClN2/c1-13(2)11-18-20(22-3)19(14-7-5-4-6-8-14)16-12-15(21)9-10-17(16)23-18/h4-10,12-13,22H,11H2,1-3H3. The van der Waals surface area contributed by atoms with Crippen LogP contribution in [-0.2, 0) is 6.42 Å².